The van der Waals surface area contributed by atoms with Crippen LogP contribution in [-0.2, 0) is 4.79 Å². The van der Waals surface area contributed by atoms with Crippen LogP contribution in [0.5, 0.6) is 0 Å². The summed E-state index contributed by atoms with van der Waals surface area (Å²) in [6.45, 7) is 3.51. The first kappa shape index (κ1) is 14.7. The molecule has 2 amide bonds. The molecule has 0 saturated heterocycles. The third-order valence-electron chi connectivity index (χ3n) is 2.07. The highest BCUT2D eigenvalue weighted by atomic mass is 79.9. The second-order valence-electron chi connectivity index (χ2n) is 3.45. The zero-order valence-electron chi connectivity index (χ0n) is 9.50. The lowest BCUT2D eigenvalue weighted by molar-refractivity contribution is -0.121. The van der Waals surface area contributed by atoms with Gasteiger partial charge in [-0.3, -0.25) is 20.4 Å². The second-order valence-corrected chi connectivity index (χ2v) is 4.74. The number of rotatable bonds is 4. The van der Waals surface area contributed by atoms with Gasteiger partial charge in [-0.25, -0.2) is 0 Å². The number of halogens is 2. The van der Waals surface area contributed by atoms with Gasteiger partial charge in [-0.05, 0) is 40.5 Å². The Morgan fingerprint density at radius 3 is 2.72 bits per heavy atom. The molecule has 0 fully saturated rings. The monoisotopic (exact) mass is 330 g/mol. The van der Waals surface area contributed by atoms with Gasteiger partial charge in [0.25, 0.3) is 5.91 Å². The minimum atomic E-state index is -0.412. The quantitative estimate of drug-likeness (QED) is 0.658. The SMILES string of the molecule is C=CCCC(=O)NNC(=O)c1ccc(Cl)cc1Br. The van der Waals surface area contributed by atoms with Crippen molar-refractivity contribution in [3.05, 3.63) is 45.9 Å². The molecule has 0 atom stereocenters. The third-order valence-corrected chi connectivity index (χ3v) is 2.96. The van der Waals surface area contributed by atoms with E-state index in [-0.39, 0.29) is 12.3 Å². The van der Waals surface area contributed by atoms with Gasteiger partial charge in [0, 0.05) is 15.9 Å². The number of hydrogen-bond donors (Lipinski definition) is 2. The summed E-state index contributed by atoms with van der Waals surface area (Å²) in [6.07, 6.45) is 2.48. The molecule has 0 spiro atoms. The van der Waals surface area contributed by atoms with Crippen molar-refractivity contribution < 1.29 is 9.59 Å². The predicted octanol–water partition coefficient (Wildman–Crippen LogP) is 2.83. The van der Waals surface area contributed by atoms with Crippen LogP contribution in [0.4, 0.5) is 0 Å². The molecule has 1 aromatic carbocycles. The first-order valence-corrected chi connectivity index (χ1v) is 6.37. The van der Waals surface area contributed by atoms with Crippen LogP contribution < -0.4 is 10.9 Å². The van der Waals surface area contributed by atoms with E-state index in [0.717, 1.165) is 0 Å². The van der Waals surface area contributed by atoms with Crippen LogP contribution in [0.3, 0.4) is 0 Å². The maximum Gasteiger partial charge on any atom is 0.270 e. The van der Waals surface area contributed by atoms with Crippen LogP contribution in [0.2, 0.25) is 5.02 Å². The Morgan fingerprint density at radius 1 is 1.39 bits per heavy atom. The average molecular weight is 332 g/mol. The molecule has 6 heteroatoms. The molecule has 1 rings (SSSR count). The topological polar surface area (TPSA) is 58.2 Å². The number of benzene rings is 1. The number of nitrogens with one attached hydrogen (secondary N) is 2. The van der Waals surface area contributed by atoms with Crippen molar-refractivity contribution in [1.82, 2.24) is 10.9 Å². The molecule has 0 aliphatic carbocycles. The minimum absolute atomic E-state index is 0.270. The largest absolute Gasteiger partial charge is 0.273 e. The Kier molecular flexibility index (Phi) is 5.88. The Morgan fingerprint density at radius 2 is 2.11 bits per heavy atom. The zero-order valence-corrected chi connectivity index (χ0v) is 11.8. The third kappa shape index (κ3) is 4.50. The Bertz CT molecular complexity index is 477. The molecule has 1 aromatic rings. The number of hydrazine groups is 1. The summed E-state index contributed by atoms with van der Waals surface area (Å²) in [5.41, 5.74) is 5.03. The molecule has 0 bridgehead atoms. The molecular weight excluding hydrogens is 320 g/mol. The van der Waals surface area contributed by atoms with E-state index in [4.69, 9.17) is 11.6 Å². The van der Waals surface area contributed by atoms with E-state index in [2.05, 4.69) is 33.4 Å². The van der Waals surface area contributed by atoms with E-state index >= 15 is 0 Å². The van der Waals surface area contributed by atoms with Crippen molar-refractivity contribution in [3.63, 3.8) is 0 Å². The van der Waals surface area contributed by atoms with E-state index in [1.165, 1.54) is 0 Å². The highest BCUT2D eigenvalue weighted by Gasteiger charge is 2.10. The summed E-state index contributed by atoms with van der Waals surface area (Å²) in [5, 5.41) is 0.522. The first-order valence-electron chi connectivity index (χ1n) is 5.19. The van der Waals surface area contributed by atoms with Crippen LogP contribution in [0.1, 0.15) is 23.2 Å². The second kappa shape index (κ2) is 7.18. The predicted molar refractivity (Wildman–Crippen MR) is 74.2 cm³/mol. The van der Waals surface area contributed by atoms with E-state index in [1.807, 2.05) is 0 Å². The van der Waals surface area contributed by atoms with E-state index < -0.39 is 5.91 Å². The molecule has 0 aromatic heterocycles. The molecule has 0 aliphatic heterocycles. The Balaban J connectivity index is 2.55. The van der Waals surface area contributed by atoms with Crippen LogP contribution in [0, 0.1) is 0 Å². The van der Waals surface area contributed by atoms with Crippen LogP contribution >= 0.6 is 27.5 Å². The molecule has 0 unspecified atom stereocenters. The highest BCUT2D eigenvalue weighted by Crippen LogP contribution is 2.21. The van der Waals surface area contributed by atoms with Gasteiger partial charge in [-0.1, -0.05) is 17.7 Å². The van der Waals surface area contributed by atoms with Crippen molar-refractivity contribution in [2.24, 2.45) is 0 Å². The number of amides is 2. The lowest BCUT2D eigenvalue weighted by atomic mass is 10.2. The lowest BCUT2D eigenvalue weighted by Crippen LogP contribution is -2.41. The Hall–Kier alpha value is -1.33. The summed E-state index contributed by atoms with van der Waals surface area (Å²) < 4.78 is 0.563. The number of allylic oxidation sites excluding steroid dienone is 1. The van der Waals surface area contributed by atoms with Crippen molar-refractivity contribution in [2.45, 2.75) is 12.8 Å². The summed E-state index contributed by atoms with van der Waals surface area (Å²) in [6, 6.07) is 4.77. The minimum Gasteiger partial charge on any atom is -0.273 e. The fraction of sp³-hybridized carbons (Fsp3) is 0.167. The van der Waals surface area contributed by atoms with Crippen molar-refractivity contribution in [1.29, 1.82) is 0 Å². The van der Waals surface area contributed by atoms with E-state index in [1.54, 1.807) is 24.3 Å². The molecule has 0 saturated carbocycles. The highest BCUT2D eigenvalue weighted by molar-refractivity contribution is 9.10. The fourth-order valence-corrected chi connectivity index (χ4v) is 2.03. The van der Waals surface area contributed by atoms with Crippen molar-refractivity contribution in [3.8, 4) is 0 Å². The van der Waals surface area contributed by atoms with Crippen LogP contribution in [0.25, 0.3) is 0 Å². The van der Waals surface area contributed by atoms with Gasteiger partial charge in [-0.15, -0.1) is 6.58 Å². The number of carbonyl (C=O) groups is 2. The summed E-state index contributed by atoms with van der Waals surface area (Å²) in [7, 11) is 0. The summed E-state index contributed by atoms with van der Waals surface area (Å²) >= 11 is 8.99. The summed E-state index contributed by atoms with van der Waals surface area (Å²) in [5.74, 6) is -0.682. The molecule has 96 valence electrons. The molecular formula is C12H12BrClN2O2. The van der Waals surface area contributed by atoms with Gasteiger partial charge >= 0.3 is 0 Å². The van der Waals surface area contributed by atoms with Crippen LogP contribution in [-0.4, -0.2) is 11.8 Å². The van der Waals surface area contributed by atoms with Crippen LogP contribution in [0.15, 0.2) is 35.3 Å². The van der Waals surface area contributed by atoms with E-state index in [0.29, 0.717) is 21.5 Å². The molecule has 0 aliphatic rings. The standard InChI is InChI=1S/C12H12BrClN2O2/c1-2-3-4-11(17)15-16-12(18)9-6-5-8(14)7-10(9)13/h2,5-7H,1,3-4H2,(H,15,17)(H,16,18). The van der Waals surface area contributed by atoms with Gasteiger partial charge < -0.3 is 0 Å². The van der Waals surface area contributed by atoms with Gasteiger partial charge in [0.1, 0.15) is 0 Å². The van der Waals surface area contributed by atoms with E-state index in [9.17, 15) is 9.59 Å². The molecule has 4 nitrogen and oxygen atoms in total. The number of hydrogen-bond acceptors (Lipinski definition) is 2. The lowest BCUT2D eigenvalue weighted by Gasteiger charge is -2.08. The fourth-order valence-electron chi connectivity index (χ4n) is 1.16. The molecule has 0 heterocycles. The summed E-state index contributed by atoms with van der Waals surface area (Å²) in [4.78, 5) is 23.0. The van der Waals surface area contributed by atoms with Crippen molar-refractivity contribution >= 4 is 39.3 Å². The van der Waals surface area contributed by atoms with Gasteiger partial charge in [-0.2, -0.15) is 0 Å². The number of carbonyl (C=O) groups excluding carboxylic acids is 2. The maximum atomic E-state index is 11.7. The van der Waals surface area contributed by atoms with Gasteiger partial charge in [0.15, 0.2) is 0 Å². The average Bonchev–Trinajstić information content (AvgIpc) is 2.33. The molecule has 2 N–H and O–H groups in total. The van der Waals surface area contributed by atoms with Crippen molar-refractivity contribution in [2.75, 3.05) is 0 Å². The normalized spacial score (nSPS) is 9.67. The zero-order chi connectivity index (χ0) is 13.5. The first-order chi connectivity index (χ1) is 8.54. The van der Waals surface area contributed by atoms with Gasteiger partial charge in [0.2, 0.25) is 5.91 Å². The van der Waals surface area contributed by atoms with Gasteiger partial charge in [0.05, 0.1) is 5.56 Å². The molecule has 18 heavy (non-hydrogen) atoms. The maximum absolute atomic E-state index is 11.7. The smallest absolute Gasteiger partial charge is 0.270 e. The Labute approximate surface area is 118 Å². The molecule has 0 radical (unpaired) electrons.